The van der Waals surface area contributed by atoms with Crippen LogP contribution in [0.5, 0.6) is 5.19 Å². The summed E-state index contributed by atoms with van der Waals surface area (Å²) in [7, 11) is -3.28. The van der Waals surface area contributed by atoms with Crippen LogP contribution in [-0.2, 0) is 9.84 Å². The van der Waals surface area contributed by atoms with E-state index in [2.05, 4.69) is 4.98 Å². The van der Waals surface area contributed by atoms with E-state index in [9.17, 15) is 17.6 Å². The fraction of sp³-hybridized carbons (Fsp3) is 0.333. The third kappa shape index (κ3) is 4.32. The van der Waals surface area contributed by atoms with E-state index in [-0.39, 0.29) is 28.5 Å². The molecule has 2 heterocycles. The number of amides is 1. The number of hydrogen-bond acceptors (Lipinski definition) is 6. The van der Waals surface area contributed by atoms with Crippen molar-refractivity contribution < 1.29 is 22.3 Å². The van der Waals surface area contributed by atoms with Gasteiger partial charge in [-0.25, -0.2) is 17.8 Å². The van der Waals surface area contributed by atoms with Gasteiger partial charge in [-0.05, 0) is 42.5 Å². The van der Waals surface area contributed by atoms with E-state index in [1.54, 1.807) is 30.0 Å². The molecule has 0 aliphatic carbocycles. The van der Waals surface area contributed by atoms with Crippen LogP contribution in [0.3, 0.4) is 0 Å². The van der Waals surface area contributed by atoms with Gasteiger partial charge in [0.25, 0.3) is 11.1 Å². The smallest absolute Gasteiger partial charge is 0.274 e. The number of benzene rings is 2. The van der Waals surface area contributed by atoms with Gasteiger partial charge in [0.2, 0.25) is 0 Å². The van der Waals surface area contributed by atoms with E-state index >= 15 is 0 Å². The highest BCUT2D eigenvalue weighted by Crippen LogP contribution is 2.30. The molecular formula is C21H21FN2O4S2. The molecule has 0 atom stereocenters. The molecule has 0 unspecified atom stereocenters. The van der Waals surface area contributed by atoms with Gasteiger partial charge in [0.1, 0.15) is 11.9 Å². The topological polar surface area (TPSA) is 76.6 Å². The van der Waals surface area contributed by atoms with Crippen molar-refractivity contribution in [2.45, 2.75) is 30.8 Å². The molecule has 30 heavy (non-hydrogen) atoms. The Labute approximate surface area is 178 Å². The number of aromatic nitrogens is 1. The molecule has 0 radical (unpaired) electrons. The first-order valence-corrected chi connectivity index (χ1v) is 12.2. The van der Waals surface area contributed by atoms with Gasteiger partial charge in [0.05, 0.1) is 20.9 Å². The summed E-state index contributed by atoms with van der Waals surface area (Å²) in [5, 5.41) is 0.507. The zero-order valence-electron chi connectivity index (χ0n) is 16.4. The van der Waals surface area contributed by atoms with Crippen molar-refractivity contribution in [3.05, 3.63) is 53.8 Å². The summed E-state index contributed by atoms with van der Waals surface area (Å²) in [6, 6.07) is 10.5. The van der Waals surface area contributed by atoms with E-state index in [1.807, 2.05) is 0 Å². The predicted molar refractivity (Wildman–Crippen MR) is 113 cm³/mol. The van der Waals surface area contributed by atoms with Gasteiger partial charge in [0.15, 0.2) is 9.84 Å². The molecule has 9 heteroatoms. The van der Waals surface area contributed by atoms with Crippen molar-refractivity contribution in [2.24, 2.45) is 0 Å². The first kappa shape index (κ1) is 20.7. The van der Waals surface area contributed by atoms with Crippen molar-refractivity contribution in [1.82, 2.24) is 9.88 Å². The Bertz CT molecular complexity index is 1170. The first-order valence-electron chi connectivity index (χ1n) is 9.70. The standard InChI is InChI=1S/C21H21FN2O4S2/c1-2-30(26,27)17-6-3-14(4-7-17)20(25)24-11-9-16(10-12-24)28-21-23-18-8-5-15(22)13-19(18)29-21/h3-8,13,16H,2,9-12H2,1H3. The summed E-state index contributed by atoms with van der Waals surface area (Å²) in [5.41, 5.74) is 1.18. The molecule has 1 amide bonds. The van der Waals surface area contributed by atoms with Crippen molar-refractivity contribution in [1.29, 1.82) is 0 Å². The maximum atomic E-state index is 13.3. The second-order valence-electron chi connectivity index (χ2n) is 7.13. The highest BCUT2D eigenvalue weighted by atomic mass is 32.2. The lowest BCUT2D eigenvalue weighted by Gasteiger charge is -2.31. The molecule has 1 saturated heterocycles. The fourth-order valence-corrected chi connectivity index (χ4v) is 5.19. The summed E-state index contributed by atoms with van der Waals surface area (Å²) in [5.74, 6) is -0.397. The molecule has 1 fully saturated rings. The van der Waals surface area contributed by atoms with E-state index in [0.29, 0.717) is 42.2 Å². The summed E-state index contributed by atoms with van der Waals surface area (Å²) >= 11 is 1.31. The fourth-order valence-electron chi connectivity index (χ4n) is 3.40. The number of likely N-dealkylation sites (tertiary alicyclic amines) is 1. The van der Waals surface area contributed by atoms with Gasteiger partial charge >= 0.3 is 0 Å². The molecule has 0 spiro atoms. The largest absolute Gasteiger partial charge is 0.467 e. The van der Waals surface area contributed by atoms with E-state index < -0.39 is 9.84 Å². The van der Waals surface area contributed by atoms with Gasteiger partial charge in [-0.2, -0.15) is 0 Å². The van der Waals surface area contributed by atoms with Gasteiger partial charge in [-0.15, -0.1) is 0 Å². The van der Waals surface area contributed by atoms with Crippen molar-refractivity contribution >= 4 is 37.3 Å². The third-order valence-corrected chi connectivity index (χ3v) is 7.83. The second kappa shape index (κ2) is 8.31. The summed E-state index contributed by atoms with van der Waals surface area (Å²) in [6.07, 6.45) is 1.27. The van der Waals surface area contributed by atoms with Crippen LogP contribution in [0.2, 0.25) is 0 Å². The molecular weight excluding hydrogens is 427 g/mol. The van der Waals surface area contributed by atoms with Gasteiger partial charge in [0, 0.05) is 31.5 Å². The summed E-state index contributed by atoms with van der Waals surface area (Å²) < 4.78 is 43.9. The molecule has 3 aromatic rings. The number of piperidine rings is 1. The highest BCUT2D eigenvalue weighted by Gasteiger charge is 2.26. The minimum absolute atomic E-state index is 0.0252. The predicted octanol–water partition coefficient (Wildman–Crippen LogP) is 3.91. The number of rotatable bonds is 5. The van der Waals surface area contributed by atoms with E-state index in [1.165, 1.54) is 35.6 Å². The van der Waals surface area contributed by atoms with Gasteiger partial charge in [-0.3, -0.25) is 4.79 Å². The quantitative estimate of drug-likeness (QED) is 0.591. The van der Waals surface area contributed by atoms with Gasteiger partial charge in [-0.1, -0.05) is 18.3 Å². The molecule has 158 valence electrons. The Kier molecular flexibility index (Phi) is 5.75. The van der Waals surface area contributed by atoms with E-state index in [0.717, 1.165) is 4.70 Å². The zero-order valence-corrected chi connectivity index (χ0v) is 18.0. The van der Waals surface area contributed by atoms with Gasteiger partial charge < -0.3 is 9.64 Å². The monoisotopic (exact) mass is 448 g/mol. The average Bonchev–Trinajstić information content (AvgIpc) is 3.15. The van der Waals surface area contributed by atoms with Crippen LogP contribution < -0.4 is 4.74 Å². The highest BCUT2D eigenvalue weighted by molar-refractivity contribution is 7.91. The molecule has 0 saturated carbocycles. The van der Waals surface area contributed by atoms with Crippen LogP contribution in [0.4, 0.5) is 4.39 Å². The Morgan fingerprint density at radius 3 is 2.57 bits per heavy atom. The van der Waals surface area contributed by atoms with Crippen LogP contribution in [0.25, 0.3) is 10.2 Å². The Morgan fingerprint density at radius 1 is 1.20 bits per heavy atom. The van der Waals surface area contributed by atoms with Crippen molar-refractivity contribution in [2.75, 3.05) is 18.8 Å². The number of nitrogens with zero attached hydrogens (tertiary/aromatic N) is 2. The minimum Gasteiger partial charge on any atom is -0.467 e. The zero-order chi connectivity index (χ0) is 21.3. The van der Waals surface area contributed by atoms with Crippen LogP contribution in [0.1, 0.15) is 30.1 Å². The lowest BCUT2D eigenvalue weighted by molar-refractivity contribution is 0.0595. The maximum Gasteiger partial charge on any atom is 0.274 e. The number of thiazole rings is 1. The Balaban J connectivity index is 1.36. The normalized spacial score (nSPS) is 15.5. The number of sulfone groups is 1. The van der Waals surface area contributed by atoms with E-state index in [4.69, 9.17) is 4.74 Å². The first-order chi connectivity index (χ1) is 14.4. The summed E-state index contributed by atoms with van der Waals surface area (Å²) in [6.45, 7) is 2.67. The van der Waals surface area contributed by atoms with Crippen molar-refractivity contribution in [3.63, 3.8) is 0 Å². The Morgan fingerprint density at radius 2 is 1.90 bits per heavy atom. The molecule has 6 nitrogen and oxygen atoms in total. The number of halogens is 1. The molecule has 2 aromatic carbocycles. The SMILES string of the molecule is CCS(=O)(=O)c1ccc(C(=O)N2CCC(Oc3nc4ccc(F)cc4s3)CC2)cc1. The maximum absolute atomic E-state index is 13.3. The van der Waals surface area contributed by atoms with Crippen LogP contribution in [-0.4, -0.2) is 49.2 Å². The number of fused-ring (bicyclic) bond motifs is 1. The molecule has 4 rings (SSSR count). The summed E-state index contributed by atoms with van der Waals surface area (Å²) in [4.78, 5) is 19.1. The molecule has 1 aliphatic heterocycles. The molecule has 0 N–H and O–H groups in total. The molecule has 1 aromatic heterocycles. The number of ether oxygens (including phenoxy) is 1. The molecule has 1 aliphatic rings. The molecule has 0 bridgehead atoms. The third-order valence-electron chi connectivity index (χ3n) is 5.17. The number of carbonyl (C=O) groups excluding carboxylic acids is 1. The number of carbonyl (C=O) groups is 1. The minimum atomic E-state index is -3.28. The van der Waals surface area contributed by atoms with Crippen LogP contribution in [0.15, 0.2) is 47.4 Å². The lowest BCUT2D eigenvalue weighted by atomic mass is 10.1. The van der Waals surface area contributed by atoms with Crippen LogP contribution >= 0.6 is 11.3 Å². The average molecular weight is 449 g/mol. The second-order valence-corrected chi connectivity index (χ2v) is 10.4. The lowest BCUT2D eigenvalue weighted by Crippen LogP contribution is -2.41. The Hall–Kier alpha value is -2.52. The number of hydrogen-bond donors (Lipinski definition) is 0. The van der Waals surface area contributed by atoms with Crippen molar-refractivity contribution in [3.8, 4) is 5.19 Å². The van der Waals surface area contributed by atoms with Crippen LogP contribution in [0, 0.1) is 5.82 Å².